The van der Waals surface area contributed by atoms with Gasteiger partial charge in [-0.1, -0.05) is 17.7 Å². The van der Waals surface area contributed by atoms with Gasteiger partial charge in [0.05, 0.1) is 23.3 Å². The lowest BCUT2D eigenvalue weighted by Crippen LogP contribution is -2.22. The van der Waals surface area contributed by atoms with E-state index in [1.807, 2.05) is 17.8 Å². The third kappa shape index (κ3) is 5.37. The van der Waals surface area contributed by atoms with E-state index in [0.717, 1.165) is 31.5 Å². The van der Waals surface area contributed by atoms with Crippen molar-refractivity contribution in [1.29, 1.82) is 0 Å². The molecule has 0 bridgehead atoms. The third-order valence-corrected chi connectivity index (χ3v) is 7.96. The number of amides is 1. The van der Waals surface area contributed by atoms with Crippen LogP contribution in [0.25, 0.3) is 10.9 Å². The van der Waals surface area contributed by atoms with Crippen LogP contribution in [0, 0.1) is 17.7 Å². The second-order valence-corrected chi connectivity index (χ2v) is 10.2. The Morgan fingerprint density at radius 1 is 1.26 bits per heavy atom. The molecule has 35 heavy (non-hydrogen) atoms. The number of fused-ring (bicyclic) bond motifs is 2. The minimum atomic E-state index is -0.501. The Morgan fingerprint density at radius 2 is 2.06 bits per heavy atom. The fourth-order valence-corrected chi connectivity index (χ4v) is 6.25. The van der Waals surface area contributed by atoms with Crippen molar-refractivity contribution >= 4 is 57.4 Å². The van der Waals surface area contributed by atoms with Gasteiger partial charge >= 0.3 is 0 Å². The molecular formula is C25H25ClFN5O2S. The van der Waals surface area contributed by atoms with Crippen molar-refractivity contribution in [3.8, 4) is 5.75 Å². The zero-order chi connectivity index (χ0) is 24.4. The van der Waals surface area contributed by atoms with Crippen molar-refractivity contribution < 1.29 is 13.9 Å². The second-order valence-electron chi connectivity index (χ2n) is 8.71. The molecule has 1 aromatic heterocycles. The number of benzene rings is 2. The summed E-state index contributed by atoms with van der Waals surface area (Å²) in [6, 6.07) is 7.82. The first-order chi connectivity index (χ1) is 17.0. The largest absolute Gasteiger partial charge is 0.494 e. The predicted octanol–water partition coefficient (Wildman–Crippen LogP) is 4.96. The molecule has 0 aliphatic carbocycles. The molecule has 182 valence electrons. The van der Waals surface area contributed by atoms with Crippen molar-refractivity contribution in [2.45, 2.75) is 0 Å². The van der Waals surface area contributed by atoms with E-state index in [2.05, 4.69) is 25.5 Å². The summed E-state index contributed by atoms with van der Waals surface area (Å²) in [6.45, 7) is 2.98. The molecule has 5 rings (SSSR count). The molecule has 2 unspecified atom stereocenters. The molecule has 2 aromatic carbocycles. The molecule has 7 nitrogen and oxygen atoms in total. The average Bonchev–Trinajstić information content (AvgIpc) is 3.43. The van der Waals surface area contributed by atoms with Crippen LogP contribution in [-0.4, -0.2) is 59.0 Å². The minimum absolute atomic E-state index is 0.00537. The van der Waals surface area contributed by atoms with Crippen LogP contribution in [0.1, 0.15) is 0 Å². The number of methoxy groups -OCH3 is 1. The number of halogens is 2. The van der Waals surface area contributed by atoms with Crippen LogP contribution in [0.2, 0.25) is 5.02 Å². The second kappa shape index (κ2) is 10.4. The molecule has 10 heteroatoms. The number of likely N-dealkylation sites (tertiary alicyclic amines) is 1. The van der Waals surface area contributed by atoms with E-state index >= 15 is 0 Å². The molecule has 2 aliphatic heterocycles. The molecule has 2 saturated heterocycles. The van der Waals surface area contributed by atoms with Crippen molar-refractivity contribution in [3.05, 3.63) is 59.7 Å². The van der Waals surface area contributed by atoms with Gasteiger partial charge < -0.3 is 15.4 Å². The molecule has 0 spiro atoms. The Morgan fingerprint density at radius 3 is 2.80 bits per heavy atom. The van der Waals surface area contributed by atoms with E-state index < -0.39 is 5.82 Å². The molecular weight excluding hydrogens is 489 g/mol. The van der Waals surface area contributed by atoms with Gasteiger partial charge in [0.25, 0.3) is 0 Å². The number of hydrogen-bond acceptors (Lipinski definition) is 7. The van der Waals surface area contributed by atoms with E-state index in [4.69, 9.17) is 16.3 Å². The number of rotatable bonds is 7. The van der Waals surface area contributed by atoms with Gasteiger partial charge in [-0.3, -0.25) is 9.69 Å². The van der Waals surface area contributed by atoms with Gasteiger partial charge in [0.2, 0.25) is 5.91 Å². The summed E-state index contributed by atoms with van der Waals surface area (Å²) >= 11 is 7.96. The Balaban J connectivity index is 1.31. The number of carbonyl (C=O) groups excluding carboxylic acids is 1. The van der Waals surface area contributed by atoms with Gasteiger partial charge in [-0.25, -0.2) is 14.4 Å². The normalized spacial score (nSPS) is 19.9. The maximum Gasteiger partial charge on any atom is 0.248 e. The van der Waals surface area contributed by atoms with Gasteiger partial charge in [0.15, 0.2) is 0 Å². The maximum atomic E-state index is 13.5. The lowest BCUT2D eigenvalue weighted by Gasteiger charge is -2.14. The highest BCUT2D eigenvalue weighted by Crippen LogP contribution is 2.36. The number of thioether (sulfide) groups is 1. The van der Waals surface area contributed by atoms with Crippen LogP contribution in [0.4, 0.5) is 21.6 Å². The molecule has 2 N–H and O–H groups in total. The fraction of sp³-hybridized carbons (Fsp3) is 0.320. The molecule has 3 heterocycles. The van der Waals surface area contributed by atoms with Crippen LogP contribution in [0.3, 0.4) is 0 Å². The smallest absolute Gasteiger partial charge is 0.248 e. The van der Waals surface area contributed by atoms with Gasteiger partial charge in [0, 0.05) is 42.9 Å². The Bertz CT molecular complexity index is 1280. The molecule has 0 saturated carbocycles. The highest BCUT2D eigenvalue weighted by molar-refractivity contribution is 7.99. The lowest BCUT2D eigenvalue weighted by atomic mass is 10.0. The van der Waals surface area contributed by atoms with Crippen molar-refractivity contribution in [2.24, 2.45) is 11.8 Å². The summed E-state index contributed by atoms with van der Waals surface area (Å²) < 4.78 is 19.0. The van der Waals surface area contributed by atoms with Crippen molar-refractivity contribution in [3.63, 3.8) is 0 Å². The molecule has 3 aromatic rings. The minimum Gasteiger partial charge on any atom is -0.494 e. The molecule has 1 amide bonds. The first-order valence-electron chi connectivity index (χ1n) is 11.3. The van der Waals surface area contributed by atoms with E-state index in [1.165, 1.54) is 37.1 Å². The van der Waals surface area contributed by atoms with Gasteiger partial charge in [-0.15, -0.1) is 0 Å². The SMILES string of the molecule is COc1cc2ncnc(Nc3ccc(F)c(Cl)c3)c2cc1NC(=O)/C=C/CN1CC2CSCC2C1. The van der Waals surface area contributed by atoms with Gasteiger partial charge in [-0.05, 0) is 47.6 Å². The number of hydrogen-bond donors (Lipinski definition) is 2. The van der Waals surface area contributed by atoms with Gasteiger partial charge in [-0.2, -0.15) is 11.8 Å². The van der Waals surface area contributed by atoms with Crippen LogP contribution in [0.15, 0.2) is 48.8 Å². The summed E-state index contributed by atoms with van der Waals surface area (Å²) in [5.74, 6) is 4.32. The first-order valence-corrected chi connectivity index (χ1v) is 12.9. The number of nitrogens with zero attached hydrogens (tertiary/aromatic N) is 3. The summed E-state index contributed by atoms with van der Waals surface area (Å²) in [6.07, 6.45) is 4.89. The van der Waals surface area contributed by atoms with E-state index in [9.17, 15) is 9.18 Å². The standard InChI is InChI=1S/C25H25ClFN5O2S/c1-34-23-9-21-18(25(29-14-28-21)30-17-4-5-20(27)19(26)7-17)8-22(23)31-24(33)3-2-6-32-10-15-12-35-13-16(15)11-32/h2-5,7-9,14-16H,6,10-13H2,1H3,(H,31,33)(H,28,29,30)/b3-2+. The third-order valence-electron chi connectivity index (χ3n) is 6.35. The van der Waals surface area contributed by atoms with E-state index in [0.29, 0.717) is 33.8 Å². The zero-order valence-electron chi connectivity index (χ0n) is 19.1. The van der Waals surface area contributed by atoms with Gasteiger partial charge in [0.1, 0.15) is 23.7 Å². The topological polar surface area (TPSA) is 79.4 Å². The quantitative estimate of drug-likeness (QED) is 0.432. The summed E-state index contributed by atoms with van der Waals surface area (Å²) in [7, 11) is 1.54. The zero-order valence-corrected chi connectivity index (χ0v) is 20.7. The summed E-state index contributed by atoms with van der Waals surface area (Å²) in [5.41, 5.74) is 1.70. The average molecular weight is 514 g/mol. The molecule has 2 fully saturated rings. The summed E-state index contributed by atoms with van der Waals surface area (Å²) in [5, 5.41) is 6.71. The van der Waals surface area contributed by atoms with Crippen LogP contribution >= 0.6 is 23.4 Å². The van der Waals surface area contributed by atoms with Crippen LogP contribution in [0.5, 0.6) is 5.75 Å². The van der Waals surface area contributed by atoms with E-state index in [1.54, 1.807) is 24.3 Å². The Hall–Kier alpha value is -2.88. The Labute approximate surface area is 212 Å². The first kappa shape index (κ1) is 23.8. The molecule has 2 atom stereocenters. The van der Waals surface area contributed by atoms with Crippen molar-refractivity contribution in [1.82, 2.24) is 14.9 Å². The highest BCUT2D eigenvalue weighted by Gasteiger charge is 2.35. The monoisotopic (exact) mass is 513 g/mol. The highest BCUT2D eigenvalue weighted by atomic mass is 35.5. The lowest BCUT2D eigenvalue weighted by molar-refractivity contribution is -0.111. The molecule has 2 aliphatic rings. The van der Waals surface area contributed by atoms with Crippen LogP contribution < -0.4 is 15.4 Å². The number of nitrogens with one attached hydrogen (secondary N) is 2. The Kier molecular flexibility index (Phi) is 7.08. The number of ether oxygens (including phenoxy) is 1. The number of aromatic nitrogens is 2. The summed E-state index contributed by atoms with van der Waals surface area (Å²) in [4.78, 5) is 23.7. The van der Waals surface area contributed by atoms with E-state index in [-0.39, 0.29) is 10.9 Å². The van der Waals surface area contributed by atoms with Crippen LogP contribution in [-0.2, 0) is 4.79 Å². The fourth-order valence-electron chi connectivity index (χ4n) is 4.58. The predicted molar refractivity (Wildman–Crippen MR) is 139 cm³/mol. The van der Waals surface area contributed by atoms with Crippen molar-refractivity contribution in [2.75, 3.05) is 48.9 Å². The number of carbonyl (C=O) groups is 1. The number of anilines is 3. The molecule has 0 radical (unpaired) electrons. The maximum absolute atomic E-state index is 13.5.